The SMILES string of the molecule is CCn1nccc1[C@@H]1OCC[C@H]1CNC(=O)c1cccc2[nH]ncc12. The molecule has 7 nitrogen and oxygen atoms in total. The highest BCUT2D eigenvalue weighted by molar-refractivity contribution is 6.06. The number of aryl methyl sites for hydroxylation is 1. The molecule has 2 atom stereocenters. The number of aromatic amines is 1. The van der Waals surface area contributed by atoms with Crippen molar-refractivity contribution < 1.29 is 9.53 Å². The molecule has 0 radical (unpaired) electrons. The number of aromatic nitrogens is 4. The van der Waals surface area contributed by atoms with Crippen LogP contribution in [0.1, 0.15) is 35.5 Å². The van der Waals surface area contributed by atoms with Gasteiger partial charge in [0.05, 0.1) is 23.0 Å². The summed E-state index contributed by atoms with van der Waals surface area (Å²) in [6.45, 7) is 4.15. The Morgan fingerprint density at radius 2 is 2.36 bits per heavy atom. The van der Waals surface area contributed by atoms with Crippen LogP contribution in [0.4, 0.5) is 0 Å². The highest BCUT2D eigenvalue weighted by Crippen LogP contribution is 2.34. The Morgan fingerprint density at radius 1 is 1.44 bits per heavy atom. The Hall–Kier alpha value is -2.67. The summed E-state index contributed by atoms with van der Waals surface area (Å²) in [5, 5.41) is 15.1. The van der Waals surface area contributed by atoms with Gasteiger partial charge in [-0.05, 0) is 31.5 Å². The largest absolute Gasteiger partial charge is 0.372 e. The lowest BCUT2D eigenvalue weighted by Crippen LogP contribution is -2.31. The summed E-state index contributed by atoms with van der Waals surface area (Å²) < 4.78 is 7.88. The van der Waals surface area contributed by atoms with Gasteiger partial charge in [-0.1, -0.05) is 6.07 Å². The Balaban J connectivity index is 1.47. The van der Waals surface area contributed by atoms with Crippen LogP contribution >= 0.6 is 0 Å². The van der Waals surface area contributed by atoms with Crippen LogP contribution in [-0.4, -0.2) is 39.0 Å². The second kappa shape index (κ2) is 6.68. The molecule has 1 amide bonds. The molecule has 25 heavy (non-hydrogen) atoms. The molecular formula is C18H21N5O2. The molecule has 0 spiro atoms. The van der Waals surface area contributed by atoms with Gasteiger partial charge in [-0.15, -0.1) is 0 Å². The van der Waals surface area contributed by atoms with Crippen molar-refractivity contribution in [2.24, 2.45) is 5.92 Å². The minimum absolute atomic E-state index is 0.0209. The molecule has 0 aliphatic carbocycles. The maximum absolute atomic E-state index is 12.6. The third-order valence-corrected chi connectivity index (χ3v) is 4.81. The van der Waals surface area contributed by atoms with Gasteiger partial charge < -0.3 is 10.1 Å². The zero-order valence-electron chi connectivity index (χ0n) is 14.1. The predicted molar refractivity (Wildman–Crippen MR) is 93.1 cm³/mol. The fraction of sp³-hybridized carbons (Fsp3) is 0.389. The molecule has 1 saturated heterocycles. The van der Waals surface area contributed by atoms with Crippen molar-refractivity contribution in [3.05, 3.63) is 47.9 Å². The first-order chi connectivity index (χ1) is 12.3. The van der Waals surface area contributed by atoms with Crippen LogP contribution in [0.2, 0.25) is 0 Å². The number of nitrogens with one attached hydrogen (secondary N) is 2. The number of H-pyrrole nitrogens is 1. The molecule has 130 valence electrons. The van der Waals surface area contributed by atoms with E-state index in [-0.39, 0.29) is 17.9 Å². The number of carbonyl (C=O) groups is 1. The van der Waals surface area contributed by atoms with Crippen molar-refractivity contribution >= 4 is 16.8 Å². The third-order valence-electron chi connectivity index (χ3n) is 4.81. The van der Waals surface area contributed by atoms with Gasteiger partial charge in [-0.3, -0.25) is 14.6 Å². The summed E-state index contributed by atoms with van der Waals surface area (Å²) in [6, 6.07) is 7.59. The van der Waals surface area contributed by atoms with Crippen LogP contribution < -0.4 is 5.32 Å². The fourth-order valence-electron chi connectivity index (χ4n) is 3.50. The Morgan fingerprint density at radius 3 is 3.24 bits per heavy atom. The lowest BCUT2D eigenvalue weighted by Gasteiger charge is -2.20. The van der Waals surface area contributed by atoms with E-state index in [1.165, 1.54) is 0 Å². The molecule has 1 fully saturated rings. The molecule has 1 aliphatic heterocycles. The van der Waals surface area contributed by atoms with Gasteiger partial charge in [-0.25, -0.2) is 0 Å². The molecule has 3 aromatic rings. The standard InChI is InChI=1S/C18H21N5O2/c1-2-23-16(6-8-21-23)17-12(7-9-25-17)10-19-18(24)13-4-3-5-15-14(13)11-20-22-15/h3-6,8,11-12,17H,2,7,9-10H2,1H3,(H,19,24)(H,20,22)/t12-,17+/m0/s1. The van der Waals surface area contributed by atoms with E-state index < -0.39 is 0 Å². The molecular weight excluding hydrogens is 318 g/mol. The summed E-state index contributed by atoms with van der Waals surface area (Å²) >= 11 is 0. The monoisotopic (exact) mass is 339 g/mol. The van der Waals surface area contributed by atoms with E-state index in [4.69, 9.17) is 4.74 Å². The summed E-state index contributed by atoms with van der Waals surface area (Å²) in [4.78, 5) is 12.6. The average molecular weight is 339 g/mol. The Labute approximate surface area is 145 Å². The first kappa shape index (κ1) is 15.8. The first-order valence-electron chi connectivity index (χ1n) is 8.61. The molecule has 4 rings (SSSR count). The van der Waals surface area contributed by atoms with Crippen molar-refractivity contribution in [2.45, 2.75) is 26.0 Å². The summed E-state index contributed by atoms with van der Waals surface area (Å²) in [7, 11) is 0. The molecule has 1 aromatic carbocycles. The molecule has 1 aliphatic rings. The lowest BCUT2D eigenvalue weighted by atomic mass is 9.98. The van der Waals surface area contributed by atoms with Gasteiger partial charge in [0, 0.05) is 37.2 Å². The number of hydrogen-bond acceptors (Lipinski definition) is 4. The molecule has 0 unspecified atom stereocenters. The van der Waals surface area contributed by atoms with E-state index in [0.717, 1.165) is 29.6 Å². The molecule has 3 heterocycles. The number of amides is 1. The van der Waals surface area contributed by atoms with Gasteiger partial charge in [0.25, 0.3) is 5.91 Å². The average Bonchev–Trinajstić information content (AvgIpc) is 3.37. The third kappa shape index (κ3) is 2.91. The van der Waals surface area contributed by atoms with E-state index in [1.54, 1.807) is 12.4 Å². The molecule has 0 saturated carbocycles. The molecule has 0 bridgehead atoms. The number of nitrogens with zero attached hydrogens (tertiary/aromatic N) is 3. The molecule has 2 N–H and O–H groups in total. The number of benzene rings is 1. The van der Waals surface area contributed by atoms with Gasteiger partial charge in [0.1, 0.15) is 6.10 Å². The topological polar surface area (TPSA) is 84.8 Å². The van der Waals surface area contributed by atoms with Crippen LogP contribution in [0.5, 0.6) is 0 Å². The van der Waals surface area contributed by atoms with Gasteiger partial charge in [0.15, 0.2) is 0 Å². The second-order valence-corrected chi connectivity index (χ2v) is 6.26. The van der Waals surface area contributed by atoms with E-state index >= 15 is 0 Å². The van der Waals surface area contributed by atoms with E-state index in [9.17, 15) is 4.79 Å². The number of fused-ring (bicyclic) bond motifs is 1. The maximum atomic E-state index is 12.6. The highest BCUT2D eigenvalue weighted by atomic mass is 16.5. The van der Waals surface area contributed by atoms with Gasteiger partial charge in [0.2, 0.25) is 0 Å². The molecule has 7 heteroatoms. The zero-order valence-corrected chi connectivity index (χ0v) is 14.1. The van der Waals surface area contributed by atoms with E-state index in [2.05, 4.69) is 27.5 Å². The number of carbonyl (C=O) groups excluding carboxylic acids is 1. The number of rotatable bonds is 5. The van der Waals surface area contributed by atoms with Gasteiger partial charge >= 0.3 is 0 Å². The normalized spacial score (nSPS) is 20.2. The van der Waals surface area contributed by atoms with Crippen LogP contribution in [0, 0.1) is 5.92 Å². The van der Waals surface area contributed by atoms with Crippen molar-refractivity contribution in [1.29, 1.82) is 0 Å². The summed E-state index contributed by atoms with van der Waals surface area (Å²) in [5.41, 5.74) is 2.58. The molecule has 2 aromatic heterocycles. The number of ether oxygens (including phenoxy) is 1. The maximum Gasteiger partial charge on any atom is 0.252 e. The van der Waals surface area contributed by atoms with Crippen molar-refractivity contribution in [3.63, 3.8) is 0 Å². The smallest absolute Gasteiger partial charge is 0.252 e. The highest BCUT2D eigenvalue weighted by Gasteiger charge is 2.32. The number of hydrogen-bond donors (Lipinski definition) is 2. The summed E-state index contributed by atoms with van der Waals surface area (Å²) in [5.74, 6) is 0.163. The quantitative estimate of drug-likeness (QED) is 0.747. The first-order valence-corrected chi connectivity index (χ1v) is 8.61. The lowest BCUT2D eigenvalue weighted by molar-refractivity contribution is 0.0795. The van der Waals surface area contributed by atoms with Crippen LogP contribution in [-0.2, 0) is 11.3 Å². The van der Waals surface area contributed by atoms with E-state index in [0.29, 0.717) is 18.7 Å². The second-order valence-electron chi connectivity index (χ2n) is 6.26. The summed E-state index contributed by atoms with van der Waals surface area (Å²) in [6.07, 6.45) is 4.39. The Kier molecular flexibility index (Phi) is 4.23. The minimum atomic E-state index is -0.0818. The van der Waals surface area contributed by atoms with Crippen LogP contribution in [0.15, 0.2) is 36.7 Å². The Bertz CT molecular complexity index is 884. The fourth-order valence-corrected chi connectivity index (χ4v) is 3.50. The van der Waals surface area contributed by atoms with Crippen molar-refractivity contribution in [1.82, 2.24) is 25.3 Å². The van der Waals surface area contributed by atoms with Crippen LogP contribution in [0.25, 0.3) is 10.9 Å². The van der Waals surface area contributed by atoms with Crippen molar-refractivity contribution in [2.75, 3.05) is 13.2 Å². The van der Waals surface area contributed by atoms with Gasteiger partial charge in [-0.2, -0.15) is 10.2 Å². The predicted octanol–water partition coefficient (Wildman–Crippen LogP) is 2.29. The minimum Gasteiger partial charge on any atom is -0.372 e. The van der Waals surface area contributed by atoms with Crippen LogP contribution in [0.3, 0.4) is 0 Å². The van der Waals surface area contributed by atoms with Crippen molar-refractivity contribution in [3.8, 4) is 0 Å². The zero-order chi connectivity index (χ0) is 17.2. The van der Waals surface area contributed by atoms with E-state index in [1.807, 2.05) is 28.9 Å².